The average Bonchev–Trinajstić information content (AvgIpc) is 2.69. The van der Waals surface area contributed by atoms with Crippen LogP contribution in [0.15, 0.2) is 18.2 Å². The normalized spacial score (nSPS) is 12.8. The van der Waals surface area contributed by atoms with Gasteiger partial charge in [0, 0.05) is 6.07 Å². The first-order valence-corrected chi connectivity index (χ1v) is 7.99. The number of rotatable bonds is 7. The minimum absolute atomic E-state index is 0.267. The molecule has 0 aliphatic carbocycles. The number of methoxy groups -OCH3 is 3. The highest BCUT2D eigenvalue weighted by Crippen LogP contribution is 2.44. The van der Waals surface area contributed by atoms with Gasteiger partial charge in [-0.15, -0.1) is 13.2 Å². The van der Waals surface area contributed by atoms with E-state index in [1.165, 1.54) is 0 Å². The first-order valence-electron chi connectivity index (χ1n) is 9.11. The molecule has 0 aliphatic rings. The van der Waals surface area contributed by atoms with E-state index in [2.05, 4.69) is 14.2 Å². The maximum absolute atomic E-state index is 14.7. The number of hydrogen-bond donors (Lipinski definition) is 0. The minimum Gasteiger partial charge on any atom is -0.495 e. The van der Waals surface area contributed by atoms with Crippen LogP contribution in [0, 0.1) is 5.82 Å². The molecule has 0 atom stereocenters. The third-order valence-corrected chi connectivity index (χ3v) is 3.83. The molecule has 0 fully saturated rings. The van der Waals surface area contributed by atoms with Crippen LogP contribution < -0.4 is 18.9 Å². The Morgan fingerprint density at radius 1 is 1.13 bits per heavy atom. The number of carbonyl (C=O) groups is 2. The maximum atomic E-state index is 14.7. The number of benzene rings is 2. The average molecular weight is 456 g/mol. The second-order valence-electron chi connectivity index (χ2n) is 5.24. The quantitative estimate of drug-likeness (QED) is 0.337. The molecule has 162 valence electrons. The predicted octanol–water partition coefficient (Wildman–Crippen LogP) is 4.79. The monoisotopic (exact) mass is 455 g/mol. The number of hydrogen-bond acceptors (Lipinski definition) is 7. The number of halogens is 5. The molecule has 0 bridgehead atoms. The number of carbonyl (C=O) groups excluding carboxylic acids is 2. The predicted molar refractivity (Wildman–Crippen MR) is 94.4 cm³/mol. The zero-order valence-electron chi connectivity index (χ0n) is 18.1. The largest absolute Gasteiger partial charge is 0.573 e. The molecule has 0 saturated carbocycles. The molecule has 7 nitrogen and oxygen atoms in total. The van der Waals surface area contributed by atoms with Gasteiger partial charge in [-0.05, 0) is 12.1 Å². The van der Waals surface area contributed by atoms with E-state index < -0.39 is 59.5 Å². The molecule has 0 aliphatic heterocycles. The summed E-state index contributed by atoms with van der Waals surface area (Å²) < 4.78 is 96.7. The van der Waals surface area contributed by atoms with Crippen LogP contribution in [-0.2, 0) is 4.74 Å². The SMILES string of the molecule is [2H]C([2H])([2H])Oc1c(Oc2cc(Cl)c(C=O)c(OC)c2C(=O)OC)ccc(OC(F)(F)F)c1F. The highest BCUT2D eigenvalue weighted by molar-refractivity contribution is 6.33. The molecule has 2 aromatic rings. The van der Waals surface area contributed by atoms with Gasteiger partial charge in [-0.25, -0.2) is 4.79 Å². The lowest BCUT2D eigenvalue weighted by molar-refractivity contribution is -0.275. The molecule has 0 spiro atoms. The fourth-order valence-electron chi connectivity index (χ4n) is 2.34. The Balaban J connectivity index is 2.74. The Morgan fingerprint density at radius 2 is 1.80 bits per heavy atom. The molecule has 30 heavy (non-hydrogen) atoms. The van der Waals surface area contributed by atoms with E-state index in [1.807, 2.05) is 0 Å². The Labute approximate surface area is 176 Å². The molecule has 0 N–H and O–H groups in total. The number of ether oxygens (including phenoxy) is 5. The molecule has 0 saturated heterocycles. The van der Waals surface area contributed by atoms with Crippen molar-refractivity contribution < 1.29 is 54.9 Å². The lowest BCUT2D eigenvalue weighted by Crippen LogP contribution is -2.18. The maximum Gasteiger partial charge on any atom is 0.573 e. The summed E-state index contributed by atoms with van der Waals surface area (Å²) in [6.07, 6.45) is -5.03. The third kappa shape index (κ3) is 4.67. The van der Waals surface area contributed by atoms with Crippen molar-refractivity contribution in [3.8, 4) is 28.7 Å². The second-order valence-corrected chi connectivity index (χ2v) is 5.65. The summed E-state index contributed by atoms with van der Waals surface area (Å²) in [5.41, 5.74) is -0.784. The van der Waals surface area contributed by atoms with Gasteiger partial charge in [-0.2, -0.15) is 4.39 Å². The number of esters is 1. The minimum atomic E-state index is -5.30. The second kappa shape index (κ2) is 9.08. The van der Waals surface area contributed by atoms with Crippen molar-refractivity contribution in [2.24, 2.45) is 0 Å². The van der Waals surface area contributed by atoms with Crippen LogP contribution >= 0.6 is 11.6 Å². The zero-order valence-corrected chi connectivity index (χ0v) is 15.8. The Kier molecular flexibility index (Phi) is 5.69. The summed E-state index contributed by atoms with van der Waals surface area (Å²) in [7, 11) is -1.26. The molecule has 12 heteroatoms. The van der Waals surface area contributed by atoms with Gasteiger partial charge < -0.3 is 23.7 Å². The van der Waals surface area contributed by atoms with Crippen molar-refractivity contribution >= 4 is 23.9 Å². The van der Waals surface area contributed by atoms with E-state index in [4.69, 9.17) is 25.2 Å². The van der Waals surface area contributed by atoms with E-state index in [0.717, 1.165) is 20.3 Å². The van der Waals surface area contributed by atoms with Crippen LogP contribution in [0.3, 0.4) is 0 Å². The highest BCUT2D eigenvalue weighted by atomic mass is 35.5. The number of aldehydes is 1. The Bertz CT molecular complexity index is 1070. The van der Waals surface area contributed by atoms with Gasteiger partial charge in [-0.3, -0.25) is 4.79 Å². The molecule has 0 unspecified atom stereocenters. The molecule has 2 aromatic carbocycles. The molecule has 2 rings (SSSR count). The summed E-state index contributed by atoms with van der Waals surface area (Å²) in [6.45, 7) is 0. The first-order chi connectivity index (χ1) is 15.2. The molecule has 0 aromatic heterocycles. The summed E-state index contributed by atoms with van der Waals surface area (Å²) in [5.74, 6) is -7.35. The van der Waals surface area contributed by atoms with Crippen LogP contribution in [0.25, 0.3) is 0 Å². The molecular formula is C18H13ClF4O7. The Hall–Kier alpha value is -3.21. The van der Waals surface area contributed by atoms with E-state index in [9.17, 15) is 27.2 Å². The number of alkyl halides is 3. The first kappa shape index (κ1) is 18.8. The topological polar surface area (TPSA) is 80.3 Å². The third-order valence-electron chi connectivity index (χ3n) is 3.52. The van der Waals surface area contributed by atoms with Crippen LogP contribution in [0.4, 0.5) is 17.6 Å². The van der Waals surface area contributed by atoms with Crippen molar-refractivity contribution in [3.63, 3.8) is 0 Å². The van der Waals surface area contributed by atoms with E-state index >= 15 is 0 Å². The van der Waals surface area contributed by atoms with E-state index in [0.29, 0.717) is 12.1 Å². The van der Waals surface area contributed by atoms with Gasteiger partial charge in [0.2, 0.25) is 11.6 Å². The molecule has 0 heterocycles. The van der Waals surface area contributed by atoms with Crippen LogP contribution in [-0.4, -0.2) is 39.9 Å². The standard InChI is InChI=1S/C18H13ClF4O7/c1-26-15-8(7-24)9(19)6-12(13(15)17(25)28-3)29-11-5-4-10(30-18(21,22)23)14(20)16(11)27-2/h4-7H,1-3H3/i2D3. The van der Waals surface area contributed by atoms with Crippen LogP contribution in [0.5, 0.6) is 28.7 Å². The van der Waals surface area contributed by atoms with E-state index in [-0.39, 0.29) is 16.9 Å². The smallest absolute Gasteiger partial charge is 0.495 e. The van der Waals surface area contributed by atoms with Crippen molar-refractivity contribution in [2.45, 2.75) is 6.36 Å². The van der Waals surface area contributed by atoms with Crippen molar-refractivity contribution in [1.82, 2.24) is 0 Å². The fourth-order valence-corrected chi connectivity index (χ4v) is 2.56. The Morgan fingerprint density at radius 3 is 2.33 bits per heavy atom. The summed E-state index contributed by atoms with van der Waals surface area (Å²) in [4.78, 5) is 23.6. The van der Waals surface area contributed by atoms with E-state index in [1.54, 1.807) is 0 Å². The van der Waals surface area contributed by atoms with Crippen molar-refractivity contribution in [2.75, 3.05) is 21.3 Å². The van der Waals surface area contributed by atoms with Crippen LogP contribution in [0.2, 0.25) is 5.02 Å². The van der Waals surface area contributed by atoms with Crippen LogP contribution in [0.1, 0.15) is 24.8 Å². The summed E-state index contributed by atoms with van der Waals surface area (Å²) in [5, 5.41) is -0.291. The van der Waals surface area contributed by atoms with Gasteiger partial charge in [0.05, 0.1) is 36.0 Å². The van der Waals surface area contributed by atoms with Crippen molar-refractivity contribution in [3.05, 3.63) is 40.2 Å². The van der Waals surface area contributed by atoms with Crippen molar-refractivity contribution in [1.29, 1.82) is 0 Å². The van der Waals surface area contributed by atoms with Gasteiger partial charge in [0.1, 0.15) is 17.1 Å². The molecule has 0 radical (unpaired) electrons. The molecule has 0 amide bonds. The summed E-state index contributed by atoms with van der Waals surface area (Å²) >= 11 is 5.99. The van der Waals surface area contributed by atoms with Gasteiger partial charge in [0.15, 0.2) is 17.8 Å². The summed E-state index contributed by atoms with van der Waals surface area (Å²) in [6, 6.07) is 2.11. The zero-order chi connectivity index (χ0) is 25.1. The highest BCUT2D eigenvalue weighted by Gasteiger charge is 2.34. The van der Waals surface area contributed by atoms with Gasteiger partial charge in [0.25, 0.3) is 0 Å². The lowest BCUT2D eigenvalue weighted by atomic mass is 10.1. The molecular weight excluding hydrogens is 440 g/mol. The lowest BCUT2D eigenvalue weighted by Gasteiger charge is -2.18. The van der Waals surface area contributed by atoms with Gasteiger partial charge in [-0.1, -0.05) is 11.6 Å². The van der Waals surface area contributed by atoms with Gasteiger partial charge >= 0.3 is 12.3 Å². The fraction of sp³-hybridized carbons (Fsp3) is 0.222.